The quantitative estimate of drug-likeness (QED) is 0.758. The largest absolute Gasteiger partial charge is 0.493 e. The molecule has 102 valence electrons. The lowest BCUT2D eigenvalue weighted by molar-refractivity contribution is 0.355. The van der Waals surface area contributed by atoms with Crippen molar-refractivity contribution in [2.45, 2.75) is 26.7 Å². The first-order valence-electron chi connectivity index (χ1n) is 6.44. The molecule has 1 aromatic carbocycles. The van der Waals surface area contributed by atoms with Gasteiger partial charge in [0.05, 0.1) is 25.6 Å². The Morgan fingerprint density at radius 3 is 2.22 bits per heavy atom. The molecule has 1 aromatic rings. The predicted octanol–water partition coefficient (Wildman–Crippen LogP) is 2.91. The third kappa shape index (κ3) is 3.22. The maximum Gasteiger partial charge on any atom is 0.162 e. The number of methoxy groups -OCH3 is 2. The van der Waals surface area contributed by atoms with Gasteiger partial charge in [0.25, 0.3) is 0 Å². The lowest BCUT2D eigenvalue weighted by atomic mass is 10.2. The SMILES string of the molecule is CCCCN(CC)c1cc(OC)c(OC)cc1N. The highest BCUT2D eigenvalue weighted by Crippen LogP contribution is 2.36. The van der Waals surface area contributed by atoms with Crippen molar-refractivity contribution < 1.29 is 9.47 Å². The van der Waals surface area contributed by atoms with E-state index in [9.17, 15) is 0 Å². The number of hydrogen-bond donors (Lipinski definition) is 1. The lowest BCUT2D eigenvalue weighted by Gasteiger charge is -2.25. The van der Waals surface area contributed by atoms with Crippen LogP contribution in [0.4, 0.5) is 11.4 Å². The fourth-order valence-corrected chi connectivity index (χ4v) is 1.96. The average molecular weight is 252 g/mol. The number of ether oxygens (including phenoxy) is 2. The Bertz CT molecular complexity index is 380. The van der Waals surface area contributed by atoms with E-state index in [4.69, 9.17) is 15.2 Å². The molecule has 0 fully saturated rings. The molecule has 2 N–H and O–H groups in total. The molecule has 0 heterocycles. The van der Waals surface area contributed by atoms with E-state index in [1.54, 1.807) is 14.2 Å². The number of anilines is 2. The summed E-state index contributed by atoms with van der Waals surface area (Å²) in [7, 11) is 3.26. The van der Waals surface area contributed by atoms with Crippen molar-refractivity contribution >= 4 is 11.4 Å². The first-order chi connectivity index (χ1) is 8.67. The van der Waals surface area contributed by atoms with Crippen LogP contribution in [0.25, 0.3) is 0 Å². The summed E-state index contributed by atoms with van der Waals surface area (Å²) in [6.45, 7) is 6.25. The van der Waals surface area contributed by atoms with Crippen molar-refractivity contribution in [1.29, 1.82) is 0 Å². The van der Waals surface area contributed by atoms with Crippen LogP contribution in [-0.4, -0.2) is 27.3 Å². The molecule has 0 saturated heterocycles. The minimum Gasteiger partial charge on any atom is -0.493 e. The van der Waals surface area contributed by atoms with Crippen molar-refractivity contribution in [3.63, 3.8) is 0 Å². The van der Waals surface area contributed by atoms with Gasteiger partial charge in [0, 0.05) is 25.2 Å². The summed E-state index contributed by atoms with van der Waals surface area (Å²) in [6.07, 6.45) is 2.32. The second kappa shape index (κ2) is 6.99. The third-order valence-electron chi connectivity index (χ3n) is 3.04. The van der Waals surface area contributed by atoms with Crippen LogP contribution >= 0.6 is 0 Å². The fourth-order valence-electron chi connectivity index (χ4n) is 1.96. The standard InChI is InChI=1S/C14H24N2O2/c1-5-7-8-16(6-2)12-10-14(18-4)13(17-3)9-11(12)15/h9-10H,5-8,15H2,1-4H3. The van der Waals surface area contributed by atoms with Gasteiger partial charge in [-0.3, -0.25) is 0 Å². The molecule has 0 aliphatic carbocycles. The van der Waals surface area contributed by atoms with Gasteiger partial charge in [-0.1, -0.05) is 13.3 Å². The molecule has 18 heavy (non-hydrogen) atoms. The Labute approximate surface area is 110 Å². The molecule has 0 atom stereocenters. The Kier molecular flexibility index (Phi) is 5.62. The van der Waals surface area contributed by atoms with E-state index in [-0.39, 0.29) is 0 Å². The molecule has 0 aliphatic rings. The molecule has 1 rings (SSSR count). The Hall–Kier alpha value is -1.58. The van der Waals surface area contributed by atoms with Crippen LogP contribution in [0.1, 0.15) is 26.7 Å². The average Bonchev–Trinajstić information content (AvgIpc) is 2.40. The van der Waals surface area contributed by atoms with E-state index in [0.29, 0.717) is 5.75 Å². The van der Waals surface area contributed by atoms with Crippen LogP contribution in [-0.2, 0) is 0 Å². The van der Waals surface area contributed by atoms with Crippen LogP contribution < -0.4 is 20.1 Å². The van der Waals surface area contributed by atoms with Gasteiger partial charge in [-0.25, -0.2) is 0 Å². The monoisotopic (exact) mass is 252 g/mol. The molecule has 0 saturated carbocycles. The Morgan fingerprint density at radius 1 is 1.11 bits per heavy atom. The number of nitrogens with two attached hydrogens (primary N) is 1. The van der Waals surface area contributed by atoms with Crippen molar-refractivity contribution in [2.24, 2.45) is 0 Å². The molecule has 4 heteroatoms. The van der Waals surface area contributed by atoms with Crippen LogP contribution in [0.2, 0.25) is 0 Å². The summed E-state index contributed by atoms with van der Waals surface area (Å²) < 4.78 is 10.6. The van der Waals surface area contributed by atoms with E-state index in [1.807, 2.05) is 12.1 Å². The maximum atomic E-state index is 6.09. The maximum absolute atomic E-state index is 6.09. The summed E-state index contributed by atoms with van der Waals surface area (Å²) in [4.78, 5) is 2.26. The molecule has 0 spiro atoms. The van der Waals surface area contributed by atoms with Crippen molar-refractivity contribution in [1.82, 2.24) is 0 Å². The molecule has 0 aliphatic heterocycles. The fraction of sp³-hybridized carbons (Fsp3) is 0.571. The Morgan fingerprint density at radius 2 is 1.72 bits per heavy atom. The summed E-state index contributed by atoms with van der Waals surface area (Å²) in [6, 6.07) is 3.77. The third-order valence-corrected chi connectivity index (χ3v) is 3.04. The number of hydrogen-bond acceptors (Lipinski definition) is 4. The second-order valence-corrected chi connectivity index (χ2v) is 4.20. The molecule has 0 aromatic heterocycles. The van der Waals surface area contributed by atoms with Gasteiger partial charge in [-0.15, -0.1) is 0 Å². The molecule has 0 amide bonds. The Balaban J connectivity index is 3.06. The van der Waals surface area contributed by atoms with Crippen molar-refractivity contribution in [3.05, 3.63) is 12.1 Å². The zero-order chi connectivity index (χ0) is 13.5. The van der Waals surface area contributed by atoms with Crippen LogP contribution in [0.5, 0.6) is 11.5 Å². The summed E-state index contributed by atoms with van der Waals surface area (Å²) in [5.74, 6) is 1.39. The van der Waals surface area contributed by atoms with Gasteiger partial charge in [0.15, 0.2) is 11.5 Å². The smallest absolute Gasteiger partial charge is 0.162 e. The first kappa shape index (κ1) is 14.5. The van der Waals surface area contributed by atoms with Crippen molar-refractivity contribution in [3.8, 4) is 11.5 Å². The number of rotatable bonds is 7. The van der Waals surface area contributed by atoms with E-state index >= 15 is 0 Å². The van der Waals surface area contributed by atoms with E-state index < -0.39 is 0 Å². The number of nitrogens with zero attached hydrogens (tertiary/aromatic N) is 1. The summed E-state index contributed by atoms with van der Waals surface area (Å²) in [5, 5.41) is 0. The molecule has 0 radical (unpaired) electrons. The molecule has 4 nitrogen and oxygen atoms in total. The van der Waals surface area contributed by atoms with Gasteiger partial charge in [0.1, 0.15) is 0 Å². The van der Waals surface area contributed by atoms with Crippen LogP contribution in [0.15, 0.2) is 12.1 Å². The summed E-state index contributed by atoms with van der Waals surface area (Å²) >= 11 is 0. The summed E-state index contributed by atoms with van der Waals surface area (Å²) in [5.41, 5.74) is 7.84. The van der Waals surface area contributed by atoms with Gasteiger partial charge >= 0.3 is 0 Å². The predicted molar refractivity (Wildman–Crippen MR) is 76.8 cm³/mol. The minimum absolute atomic E-state index is 0.672. The number of benzene rings is 1. The van der Waals surface area contributed by atoms with Gasteiger partial charge in [-0.2, -0.15) is 0 Å². The van der Waals surface area contributed by atoms with Gasteiger partial charge < -0.3 is 20.1 Å². The zero-order valence-corrected chi connectivity index (χ0v) is 11.8. The van der Waals surface area contributed by atoms with E-state index in [2.05, 4.69) is 18.7 Å². The topological polar surface area (TPSA) is 47.7 Å². The number of nitrogen functional groups attached to an aromatic ring is 1. The first-order valence-corrected chi connectivity index (χ1v) is 6.44. The van der Waals surface area contributed by atoms with Crippen LogP contribution in [0.3, 0.4) is 0 Å². The highest BCUT2D eigenvalue weighted by atomic mass is 16.5. The number of unbranched alkanes of at least 4 members (excludes halogenated alkanes) is 1. The molecule has 0 bridgehead atoms. The second-order valence-electron chi connectivity index (χ2n) is 4.20. The van der Waals surface area contributed by atoms with Gasteiger partial charge in [0.2, 0.25) is 0 Å². The normalized spacial score (nSPS) is 10.2. The van der Waals surface area contributed by atoms with E-state index in [0.717, 1.165) is 36.6 Å². The highest BCUT2D eigenvalue weighted by molar-refractivity contribution is 5.73. The minimum atomic E-state index is 0.672. The molecular formula is C14H24N2O2. The van der Waals surface area contributed by atoms with Gasteiger partial charge in [-0.05, 0) is 13.3 Å². The van der Waals surface area contributed by atoms with E-state index in [1.165, 1.54) is 6.42 Å². The molecular weight excluding hydrogens is 228 g/mol. The molecule has 0 unspecified atom stereocenters. The highest BCUT2D eigenvalue weighted by Gasteiger charge is 2.13. The zero-order valence-electron chi connectivity index (χ0n) is 11.8. The lowest BCUT2D eigenvalue weighted by Crippen LogP contribution is -2.24. The van der Waals surface area contributed by atoms with Crippen LogP contribution in [0, 0.1) is 0 Å². The van der Waals surface area contributed by atoms with Crippen molar-refractivity contribution in [2.75, 3.05) is 37.9 Å².